The smallest absolute Gasteiger partial charge is 0.255 e. The molecule has 0 aliphatic heterocycles. The van der Waals surface area contributed by atoms with Crippen molar-refractivity contribution in [2.75, 3.05) is 13.2 Å². The minimum atomic E-state index is -0.488. The van der Waals surface area contributed by atoms with Crippen LogP contribution in [0.25, 0.3) is 0 Å². The molecule has 1 aromatic rings. The molecule has 18 heavy (non-hydrogen) atoms. The lowest BCUT2D eigenvalue weighted by Crippen LogP contribution is -2.21. The Kier molecular flexibility index (Phi) is 8.45. The second kappa shape index (κ2) is 8.97. The van der Waals surface area contributed by atoms with Crippen molar-refractivity contribution in [3.8, 4) is 5.75 Å². The number of primary amides is 1. The van der Waals surface area contributed by atoms with E-state index in [9.17, 15) is 4.79 Å². The van der Waals surface area contributed by atoms with Gasteiger partial charge in [0.25, 0.3) is 5.91 Å². The highest BCUT2D eigenvalue weighted by Gasteiger charge is 2.05. The van der Waals surface area contributed by atoms with Gasteiger partial charge in [-0.3, -0.25) is 4.79 Å². The first-order valence-corrected chi connectivity index (χ1v) is 5.94. The first kappa shape index (κ1) is 17.0. The number of hydrogen-bond acceptors (Lipinski definition) is 3. The van der Waals surface area contributed by atoms with Gasteiger partial charge in [-0.1, -0.05) is 22.0 Å². The zero-order valence-corrected chi connectivity index (χ0v) is 12.2. The van der Waals surface area contributed by atoms with Crippen molar-refractivity contribution in [1.29, 1.82) is 0 Å². The molecule has 0 aliphatic rings. The number of carbonyl (C=O) groups excluding carboxylic acids is 1. The fourth-order valence-corrected chi connectivity index (χ4v) is 1.69. The van der Waals surface area contributed by atoms with Crippen LogP contribution in [0.5, 0.6) is 5.75 Å². The molecular formula is C12H16BrClN2O2. The fraction of sp³-hybridized carbons (Fsp3) is 0.250. The van der Waals surface area contributed by atoms with Crippen molar-refractivity contribution < 1.29 is 9.53 Å². The van der Waals surface area contributed by atoms with Crippen molar-refractivity contribution in [2.45, 2.75) is 6.54 Å². The van der Waals surface area contributed by atoms with Gasteiger partial charge in [-0.05, 0) is 18.2 Å². The molecule has 0 unspecified atom stereocenters. The van der Waals surface area contributed by atoms with Crippen molar-refractivity contribution in [3.05, 3.63) is 40.9 Å². The Balaban J connectivity index is 0.00000289. The standard InChI is InChI=1S/C12H15BrN2O2.ClH/c1-2-5-15-7-9-6-10(13)3-4-11(9)17-8-12(14)16;/h2-4,6,15H,1,5,7-8H2,(H2,14,16);1H. The number of amides is 1. The molecule has 0 fully saturated rings. The number of carbonyl (C=O) groups is 1. The number of hydrogen-bond donors (Lipinski definition) is 2. The zero-order chi connectivity index (χ0) is 12.7. The highest BCUT2D eigenvalue weighted by molar-refractivity contribution is 9.10. The third kappa shape index (κ3) is 6.05. The molecule has 3 N–H and O–H groups in total. The van der Waals surface area contributed by atoms with E-state index in [0.717, 1.165) is 10.0 Å². The lowest BCUT2D eigenvalue weighted by Gasteiger charge is -2.11. The Labute approximate surface area is 121 Å². The zero-order valence-electron chi connectivity index (χ0n) is 9.82. The van der Waals surface area contributed by atoms with E-state index in [0.29, 0.717) is 18.8 Å². The van der Waals surface area contributed by atoms with Crippen molar-refractivity contribution >= 4 is 34.2 Å². The van der Waals surface area contributed by atoms with Crippen LogP contribution in [-0.4, -0.2) is 19.1 Å². The molecule has 0 aromatic heterocycles. The Bertz CT molecular complexity index is 413. The van der Waals surface area contributed by atoms with Crippen LogP contribution >= 0.6 is 28.3 Å². The summed E-state index contributed by atoms with van der Waals surface area (Å²) in [5.74, 6) is 0.168. The molecule has 0 heterocycles. The predicted molar refractivity (Wildman–Crippen MR) is 78.0 cm³/mol. The van der Waals surface area contributed by atoms with Crippen LogP contribution in [0.2, 0.25) is 0 Å². The summed E-state index contributed by atoms with van der Waals surface area (Å²) in [6, 6.07) is 5.59. The maximum Gasteiger partial charge on any atom is 0.255 e. The van der Waals surface area contributed by atoms with Gasteiger partial charge in [0.15, 0.2) is 6.61 Å². The van der Waals surface area contributed by atoms with Crippen molar-refractivity contribution in [1.82, 2.24) is 5.32 Å². The van der Waals surface area contributed by atoms with Crippen LogP contribution in [-0.2, 0) is 11.3 Å². The third-order valence-corrected chi connectivity index (χ3v) is 2.49. The Morgan fingerprint density at radius 2 is 2.28 bits per heavy atom. The molecule has 1 amide bonds. The summed E-state index contributed by atoms with van der Waals surface area (Å²) in [5.41, 5.74) is 6.00. The molecule has 6 heteroatoms. The third-order valence-electron chi connectivity index (χ3n) is 2.00. The number of halogens is 2. The molecule has 0 aliphatic carbocycles. The van der Waals surface area contributed by atoms with Crippen LogP contribution in [0, 0.1) is 0 Å². The second-order valence-electron chi connectivity index (χ2n) is 3.43. The Morgan fingerprint density at radius 1 is 1.56 bits per heavy atom. The summed E-state index contributed by atoms with van der Waals surface area (Å²) in [5, 5.41) is 3.17. The molecule has 0 bridgehead atoms. The quantitative estimate of drug-likeness (QED) is 0.592. The van der Waals surface area contributed by atoms with E-state index in [1.54, 1.807) is 12.1 Å². The van der Waals surface area contributed by atoms with Crippen LogP contribution < -0.4 is 15.8 Å². The summed E-state index contributed by atoms with van der Waals surface area (Å²) in [7, 11) is 0. The van der Waals surface area contributed by atoms with Crippen molar-refractivity contribution in [3.63, 3.8) is 0 Å². The van der Waals surface area contributed by atoms with Crippen LogP contribution in [0.1, 0.15) is 5.56 Å². The van der Waals surface area contributed by atoms with E-state index in [2.05, 4.69) is 27.8 Å². The van der Waals surface area contributed by atoms with Gasteiger partial charge in [-0.2, -0.15) is 0 Å². The van der Waals surface area contributed by atoms with Gasteiger partial charge in [-0.25, -0.2) is 0 Å². The van der Waals surface area contributed by atoms with Crippen LogP contribution in [0.15, 0.2) is 35.3 Å². The highest BCUT2D eigenvalue weighted by atomic mass is 79.9. The summed E-state index contributed by atoms with van der Waals surface area (Å²) in [6.45, 7) is 4.86. The Morgan fingerprint density at radius 3 is 2.89 bits per heavy atom. The van der Waals surface area contributed by atoms with Gasteiger partial charge in [-0.15, -0.1) is 19.0 Å². The first-order chi connectivity index (χ1) is 8.13. The monoisotopic (exact) mass is 334 g/mol. The van der Waals surface area contributed by atoms with E-state index in [4.69, 9.17) is 10.5 Å². The fourth-order valence-electron chi connectivity index (χ4n) is 1.28. The summed E-state index contributed by atoms with van der Waals surface area (Å²) < 4.78 is 6.28. The van der Waals surface area contributed by atoms with Crippen LogP contribution in [0.4, 0.5) is 0 Å². The molecule has 1 aromatic carbocycles. The lowest BCUT2D eigenvalue weighted by atomic mass is 10.2. The maximum absolute atomic E-state index is 10.7. The van der Waals surface area contributed by atoms with E-state index < -0.39 is 5.91 Å². The first-order valence-electron chi connectivity index (χ1n) is 5.14. The van der Waals surface area contributed by atoms with Gasteiger partial charge in [0.05, 0.1) is 0 Å². The minimum absolute atomic E-state index is 0. The molecule has 4 nitrogen and oxygen atoms in total. The van der Waals surface area contributed by atoms with Gasteiger partial charge < -0.3 is 15.8 Å². The highest BCUT2D eigenvalue weighted by Crippen LogP contribution is 2.23. The molecule has 1 rings (SSSR count). The number of ether oxygens (including phenoxy) is 1. The Hall–Kier alpha value is -1.04. The molecule has 100 valence electrons. The molecule has 0 atom stereocenters. The molecule has 0 radical (unpaired) electrons. The molecule has 0 spiro atoms. The van der Waals surface area contributed by atoms with E-state index in [1.165, 1.54) is 0 Å². The predicted octanol–water partition coefficient (Wildman–Crippen LogP) is 2.01. The number of nitrogens with two attached hydrogens (primary N) is 1. The average Bonchev–Trinajstić information content (AvgIpc) is 2.28. The largest absolute Gasteiger partial charge is 0.483 e. The van der Waals surface area contributed by atoms with E-state index in [1.807, 2.05) is 12.1 Å². The van der Waals surface area contributed by atoms with E-state index >= 15 is 0 Å². The normalized spacial score (nSPS) is 9.39. The summed E-state index contributed by atoms with van der Waals surface area (Å²) in [6.07, 6.45) is 1.78. The van der Waals surface area contributed by atoms with Gasteiger partial charge in [0.1, 0.15) is 5.75 Å². The maximum atomic E-state index is 10.7. The number of rotatable bonds is 7. The van der Waals surface area contributed by atoms with Crippen molar-refractivity contribution in [2.24, 2.45) is 5.73 Å². The second-order valence-corrected chi connectivity index (χ2v) is 4.34. The SMILES string of the molecule is C=CCNCc1cc(Br)ccc1OCC(N)=O.Cl. The number of nitrogens with one attached hydrogen (secondary N) is 1. The minimum Gasteiger partial charge on any atom is -0.483 e. The topological polar surface area (TPSA) is 64.3 Å². The number of benzene rings is 1. The average molecular weight is 336 g/mol. The molecular weight excluding hydrogens is 320 g/mol. The summed E-state index contributed by atoms with van der Waals surface area (Å²) in [4.78, 5) is 10.7. The summed E-state index contributed by atoms with van der Waals surface area (Å²) >= 11 is 3.39. The lowest BCUT2D eigenvalue weighted by molar-refractivity contribution is -0.119. The van der Waals surface area contributed by atoms with Gasteiger partial charge in [0, 0.05) is 23.1 Å². The van der Waals surface area contributed by atoms with Gasteiger partial charge >= 0.3 is 0 Å². The van der Waals surface area contributed by atoms with Gasteiger partial charge in [0.2, 0.25) is 0 Å². The van der Waals surface area contributed by atoms with Crippen LogP contribution in [0.3, 0.4) is 0 Å². The van der Waals surface area contributed by atoms with E-state index in [-0.39, 0.29) is 19.0 Å². The molecule has 0 saturated heterocycles. The molecule has 0 saturated carbocycles.